The van der Waals surface area contributed by atoms with E-state index in [1.165, 1.54) is 6.92 Å². The van der Waals surface area contributed by atoms with Crippen LogP contribution in [0.25, 0.3) is 5.69 Å². The minimum atomic E-state index is -3.15. The van der Waals surface area contributed by atoms with E-state index < -0.39 is 40.5 Å². The lowest BCUT2D eigenvalue weighted by Gasteiger charge is -2.17. The van der Waals surface area contributed by atoms with Gasteiger partial charge in [-0.2, -0.15) is 13.5 Å². The lowest BCUT2D eigenvalue weighted by molar-refractivity contribution is -0.142. The summed E-state index contributed by atoms with van der Waals surface area (Å²) in [6.07, 6.45) is 0. The maximum absolute atomic E-state index is 14.3. The second kappa shape index (κ2) is 8.53. The van der Waals surface area contributed by atoms with Crippen LogP contribution >= 0.6 is 34.8 Å². The van der Waals surface area contributed by atoms with Gasteiger partial charge in [0.25, 0.3) is 0 Å². The number of rotatable bonds is 6. The zero-order valence-electron chi connectivity index (χ0n) is 13.9. The van der Waals surface area contributed by atoms with Crippen LogP contribution < -0.4 is 5.69 Å². The van der Waals surface area contributed by atoms with Gasteiger partial charge in [0.05, 0.1) is 12.0 Å². The van der Waals surface area contributed by atoms with Gasteiger partial charge >= 0.3 is 18.2 Å². The highest BCUT2D eigenvalue weighted by atomic mass is 35.5. The van der Waals surface area contributed by atoms with E-state index in [1.54, 1.807) is 6.92 Å². The molecule has 2 atom stereocenters. The Kier molecular flexibility index (Phi) is 6.82. The van der Waals surface area contributed by atoms with E-state index in [2.05, 4.69) is 5.10 Å². The first-order chi connectivity index (χ1) is 12.6. The molecule has 0 bridgehead atoms. The second-order valence-electron chi connectivity index (χ2n) is 5.27. The number of ether oxygens (including phenoxy) is 1. The van der Waals surface area contributed by atoms with Gasteiger partial charge in [0.1, 0.15) is 11.5 Å². The van der Waals surface area contributed by atoms with Gasteiger partial charge in [0.2, 0.25) is 0 Å². The fourth-order valence-electron chi connectivity index (χ4n) is 2.28. The summed E-state index contributed by atoms with van der Waals surface area (Å²) < 4.78 is 45.6. The van der Waals surface area contributed by atoms with Crippen LogP contribution in [0, 0.1) is 12.7 Å². The smallest absolute Gasteiger partial charge is 0.355 e. The van der Waals surface area contributed by atoms with Gasteiger partial charge in [-0.25, -0.2) is 13.8 Å². The summed E-state index contributed by atoms with van der Waals surface area (Å²) in [5.41, 5.74) is -1.73. The molecule has 0 saturated heterocycles. The first-order valence-electron chi connectivity index (χ1n) is 7.50. The number of esters is 1. The molecule has 0 fully saturated rings. The highest BCUT2D eigenvalue weighted by Crippen LogP contribution is 2.36. The van der Waals surface area contributed by atoms with E-state index in [0.717, 1.165) is 12.1 Å². The number of carbonyl (C=O) groups excluding carboxylic acids is 1. The molecule has 0 N–H and O–H groups in total. The average molecular weight is 447 g/mol. The number of aromatic nitrogens is 3. The van der Waals surface area contributed by atoms with Crippen LogP contribution in [0.15, 0.2) is 16.9 Å². The molecule has 0 saturated carbocycles. The van der Waals surface area contributed by atoms with Gasteiger partial charge in [-0.15, -0.1) is 28.3 Å². The molecule has 2 rings (SSSR count). The number of carbonyl (C=O) groups is 1. The summed E-state index contributed by atoms with van der Waals surface area (Å²) in [6.45, 7) is -0.355. The summed E-state index contributed by atoms with van der Waals surface area (Å²) >= 11 is 18.1. The number of aryl methyl sites for hydroxylation is 1. The van der Waals surface area contributed by atoms with Crippen molar-refractivity contribution < 1.29 is 22.7 Å². The van der Waals surface area contributed by atoms with Gasteiger partial charge in [-0.3, -0.25) is 4.79 Å². The average Bonchev–Trinajstić information content (AvgIpc) is 2.88. The van der Waals surface area contributed by atoms with Gasteiger partial charge in [-0.1, -0.05) is 11.6 Å². The maximum Gasteiger partial charge on any atom is 0.355 e. The molecular weight excluding hydrogens is 434 g/mol. The summed E-state index contributed by atoms with van der Waals surface area (Å²) in [5, 5.41) is 0.856. The van der Waals surface area contributed by atoms with E-state index in [9.17, 15) is 22.8 Å². The monoisotopic (exact) mass is 445 g/mol. The fourth-order valence-corrected chi connectivity index (χ4v) is 3.09. The topological polar surface area (TPSA) is 66.1 Å². The lowest BCUT2D eigenvalue weighted by Crippen LogP contribution is -2.26. The quantitative estimate of drug-likeness (QED) is 0.497. The Morgan fingerprint density at radius 2 is 1.96 bits per heavy atom. The third-order valence-corrected chi connectivity index (χ3v) is 4.91. The minimum absolute atomic E-state index is 0.000985. The predicted molar refractivity (Wildman–Crippen MR) is 93.7 cm³/mol. The van der Waals surface area contributed by atoms with E-state index in [-0.39, 0.29) is 27.6 Å². The molecule has 1 aromatic heterocycles. The van der Waals surface area contributed by atoms with Crippen LogP contribution in [0.4, 0.5) is 13.2 Å². The second-order valence-corrected chi connectivity index (χ2v) is 6.62. The number of nitrogens with zero attached hydrogens (tertiary/aromatic N) is 3. The van der Waals surface area contributed by atoms with E-state index in [1.807, 2.05) is 0 Å². The van der Waals surface area contributed by atoms with Crippen LogP contribution in [0.3, 0.4) is 0 Å². The van der Waals surface area contributed by atoms with Crippen molar-refractivity contribution in [2.24, 2.45) is 0 Å². The van der Waals surface area contributed by atoms with Crippen molar-refractivity contribution in [3.8, 4) is 5.69 Å². The van der Waals surface area contributed by atoms with Crippen molar-refractivity contribution >= 4 is 40.8 Å². The standard InChI is InChI=1S/C15H13Cl3F3N3O3/c1-3-27-13(25)12(18)11(17)7-4-10(9(19)5-8(7)16)24-15(26)23(14(20)21)6(2)22-24/h4-5,11-12,14H,3H2,1-2H3. The fraction of sp³-hybridized carbons (Fsp3) is 0.400. The van der Waals surface area contributed by atoms with Crippen LogP contribution in [0.5, 0.6) is 0 Å². The molecule has 0 aliphatic carbocycles. The van der Waals surface area contributed by atoms with Gasteiger partial charge < -0.3 is 4.74 Å². The van der Waals surface area contributed by atoms with Gasteiger partial charge in [0, 0.05) is 5.02 Å². The molecule has 2 unspecified atom stereocenters. The molecule has 0 amide bonds. The molecule has 27 heavy (non-hydrogen) atoms. The summed E-state index contributed by atoms with van der Waals surface area (Å²) in [7, 11) is 0. The third-order valence-electron chi connectivity index (χ3n) is 3.54. The number of hydrogen-bond donors (Lipinski definition) is 0. The Labute approximate surface area is 166 Å². The Bertz CT molecular complexity index is 917. The van der Waals surface area contributed by atoms with Crippen molar-refractivity contribution in [1.29, 1.82) is 0 Å². The van der Waals surface area contributed by atoms with E-state index in [0.29, 0.717) is 4.68 Å². The Morgan fingerprint density at radius 3 is 2.48 bits per heavy atom. The van der Waals surface area contributed by atoms with Crippen LogP contribution in [0.1, 0.15) is 30.2 Å². The van der Waals surface area contributed by atoms with Crippen molar-refractivity contribution in [3.63, 3.8) is 0 Å². The Morgan fingerprint density at radius 1 is 1.33 bits per heavy atom. The minimum Gasteiger partial charge on any atom is -0.465 e. The van der Waals surface area contributed by atoms with Crippen molar-refractivity contribution in [2.75, 3.05) is 6.61 Å². The molecule has 12 heteroatoms. The largest absolute Gasteiger partial charge is 0.465 e. The van der Waals surface area contributed by atoms with E-state index >= 15 is 0 Å². The first-order valence-corrected chi connectivity index (χ1v) is 8.75. The zero-order chi connectivity index (χ0) is 20.5. The number of halogens is 6. The summed E-state index contributed by atoms with van der Waals surface area (Å²) in [4.78, 5) is 23.9. The van der Waals surface area contributed by atoms with Gasteiger partial charge in [-0.05, 0) is 31.5 Å². The summed E-state index contributed by atoms with van der Waals surface area (Å²) in [5.74, 6) is -2.15. The molecule has 0 aliphatic rings. The SMILES string of the molecule is CCOC(=O)C(Cl)C(Cl)c1cc(-n2nc(C)n(C(F)F)c2=O)c(F)cc1Cl. The van der Waals surface area contributed by atoms with Crippen LogP contribution in [0.2, 0.25) is 5.02 Å². The maximum atomic E-state index is 14.3. The van der Waals surface area contributed by atoms with Crippen molar-refractivity contribution in [2.45, 2.75) is 31.2 Å². The molecule has 1 heterocycles. The molecule has 148 valence electrons. The summed E-state index contributed by atoms with van der Waals surface area (Å²) in [6, 6.07) is 1.84. The lowest BCUT2D eigenvalue weighted by atomic mass is 10.1. The molecule has 1 aromatic carbocycles. The number of alkyl halides is 4. The molecule has 2 aromatic rings. The Balaban J connectivity index is 2.56. The third kappa shape index (κ3) is 4.25. The highest BCUT2D eigenvalue weighted by molar-refractivity contribution is 6.38. The first kappa shape index (κ1) is 21.6. The number of hydrogen-bond acceptors (Lipinski definition) is 4. The molecular formula is C15H13Cl3F3N3O3. The Hall–Kier alpha value is -1.71. The van der Waals surface area contributed by atoms with Crippen molar-refractivity contribution in [3.05, 3.63) is 44.8 Å². The van der Waals surface area contributed by atoms with E-state index in [4.69, 9.17) is 39.5 Å². The highest BCUT2D eigenvalue weighted by Gasteiger charge is 2.30. The molecule has 0 radical (unpaired) electrons. The van der Waals surface area contributed by atoms with Crippen LogP contribution in [-0.4, -0.2) is 32.3 Å². The molecule has 0 spiro atoms. The normalized spacial score (nSPS) is 13.7. The molecule has 6 nitrogen and oxygen atoms in total. The van der Waals surface area contributed by atoms with Gasteiger partial charge in [0.15, 0.2) is 11.2 Å². The number of benzene rings is 1. The molecule has 0 aliphatic heterocycles. The predicted octanol–water partition coefficient (Wildman–Crippen LogP) is 3.98. The zero-order valence-corrected chi connectivity index (χ0v) is 16.2. The van der Waals surface area contributed by atoms with Crippen LogP contribution in [-0.2, 0) is 9.53 Å². The van der Waals surface area contributed by atoms with Crippen molar-refractivity contribution in [1.82, 2.24) is 14.3 Å².